The number of ether oxygens (including phenoxy) is 1. The normalized spacial score (nSPS) is 13.9. The molecule has 27 heavy (non-hydrogen) atoms. The van der Waals surface area contributed by atoms with Gasteiger partial charge in [-0.15, -0.1) is 0 Å². The fraction of sp³-hybridized carbons (Fsp3) is 0.250. The Hall–Kier alpha value is -2.67. The zero-order valence-electron chi connectivity index (χ0n) is 14.9. The molecule has 4 rings (SSSR count). The minimum atomic E-state index is -0.267. The molecule has 0 aliphatic carbocycles. The van der Waals surface area contributed by atoms with Crippen LogP contribution in [-0.2, 0) is 17.8 Å². The van der Waals surface area contributed by atoms with Gasteiger partial charge in [-0.2, -0.15) is 0 Å². The number of carbonyl (C=O) groups excluding carboxylic acids is 1. The van der Waals surface area contributed by atoms with Crippen LogP contribution in [0.5, 0.6) is 0 Å². The van der Waals surface area contributed by atoms with E-state index < -0.39 is 0 Å². The predicted octanol–water partition coefficient (Wildman–Crippen LogP) is 4.27. The fourth-order valence-electron chi connectivity index (χ4n) is 3.13. The third-order valence-corrected chi connectivity index (χ3v) is 5.56. The molecule has 3 aromatic rings. The summed E-state index contributed by atoms with van der Waals surface area (Å²) < 4.78 is 6.07. The van der Waals surface area contributed by atoms with Gasteiger partial charge >= 0.3 is 6.09 Å². The summed E-state index contributed by atoms with van der Waals surface area (Å²) >= 11 is 3.57. The lowest BCUT2D eigenvalue weighted by molar-refractivity contribution is 0.157. The largest absolute Gasteiger partial charge is 0.448 e. The van der Waals surface area contributed by atoms with Crippen molar-refractivity contribution < 1.29 is 9.53 Å². The lowest BCUT2D eigenvalue weighted by Gasteiger charge is -2.14. The Balaban J connectivity index is 1.55. The van der Waals surface area contributed by atoms with E-state index in [1.165, 1.54) is 11.1 Å². The van der Waals surface area contributed by atoms with Gasteiger partial charge in [0.2, 0.25) is 0 Å². The Kier molecular flexibility index (Phi) is 4.94. The van der Waals surface area contributed by atoms with Crippen molar-refractivity contribution in [1.29, 1.82) is 0 Å². The molecule has 1 N–H and O–H groups in total. The van der Waals surface area contributed by atoms with Crippen LogP contribution < -0.4 is 5.32 Å². The summed E-state index contributed by atoms with van der Waals surface area (Å²) in [4.78, 5) is 22.3. The van der Waals surface area contributed by atoms with E-state index >= 15 is 0 Å². The first kappa shape index (κ1) is 17.7. The van der Waals surface area contributed by atoms with Gasteiger partial charge in [-0.1, -0.05) is 28.1 Å². The molecule has 0 bridgehead atoms. The van der Waals surface area contributed by atoms with Crippen LogP contribution in [0.1, 0.15) is 16.7 Å². The van der Waals surface area contributed by atoms with E-state index in [-0.39, 0.29) is 6.09 Å². The van der Waals surface area contributed by atoms with E-state index in [1.54, 1.807) is 17.3 Å². The molecule has 1 aliphatic rings. The highest BCUT2D eigenvalue weighted by Gasteiger charge is 2.22. The second kappa shape index (κ2) is 7.52. The molecule has 1 aromatic carbocycles. The highest BCUT2D eigenvalue weighted by molar-refractivity contribution is 9.10. The molecule has 138 valence electrons. The van der Waals surface area contributed by atoms with Crippen LogP contribution in [0.15, 0.2) is 47.2 Å². The number of benzene rings is 1. The van der Waals surface area contributed by atoms with Crippen molar-refractivity contribution in [3.8, 4) is 0 Å². The van der Waals surface area contributed by atoms with Crippen molar-refractivity contribution in [3.63, 3.8) is 0 Å². The molecule has 0 atom stereocenters. The van der Waals surface area contributed by atoms with Crippen LogP contribution in [0.3, 0.4) is 0 Å². The Labute approximate surface area is 165 Å². The Morgan fingerprint density at radius 3 is 3.00 bits per heavy atom. The van der Waals surface area contributed by atoms with E-state index in [2.05, 4.69) is 44.2 Å². The number of carbonyl (C=O) groups is 1. The maximum absolute atomic E-state index is 11.6. The van der Waals surface area contributed by atoms with Gasteiger partial charge in [-0.05, 0) is 41.8 Å². The van der Waals surface area contributed by atoms with Crippen molar-refractivity contribution in [2.45, 2.75) is 20.0 Å². The maximum Gasteiger partial charge on any atom is 0.410 e. The number of pyridine rings is 2. The molecule has 1 fully saturated rings. The number of anilines is 1. The molecule has 7 heteroatoms. The molecule has 0 spiro atoms. The van der Waals surface area contributed by atoms with Gasteiger partial charge in [-0.25, -0.2) is 9.78 Å². The number of halogens is 1. The average Bonchev–Trinajstić information content (AvgIpc) is 3.07. The third-order valence-electron chi connectivity index (χ3n) is 4.70. The Morgan fingerprint density at radius 1 is 1.30 bits per heavy atom. The second-order valence-corrected chi connectivity index (χ2v) is 7.34. The molecular weight excluding hydrogens is 408 g/mol. The minimum Gasteiger partial charge on any atom is -0.448 e. The minimum absolute atomic E-state index is 0.267. The van der Waals surface area contributed by atoms with Crippen LogP contribution in [0, 0.1) is 6.92 Å². The number of amides is 1. The van der Waals surface area contributed by atoms with Crippen LogP contribution in [0.25, 0.3) is 10.9 Å². The molecule has 0 unspecified atom stereocenters. The van der Waals surface area contributed by atoms with Gasteiger partial charge in [-0.3, -0.25) is 4.98 Å². The summed E-state index contributed by atoms with van der Waals surface area (Å²) in [7, 11) is 0. The average molecular weight is 427 g/mol. The van der Waals surface area contributed by atoms with Crippen molar-refractivity contribution >= 4 is 38.7 Å². The second-order valence-electron chi connectivity index (χ2n) is 6.49. The number of fused-ring (bicyclic) bond motifs is 1. The van der Waals surface area contributed by atoms with Crippen molar-refractivity contribution in [2.75, 3.05) is 18.5 Å². The van der Waals surface area contributed by atoms with E-state index in [0.29, 0.717) is 26.2 Å². The lowest BCUT2D eigenvalue weighted by atomic mass is 10.1. The summed E-state index contributed by atoms with van der Waals surface area (Å²) in [6, 6.07) is 10.1. The monoisotopic (exact) mass is 426 g/mol. The van der Waals surface area contributed by atoms with Crippen LogP contribution in [0.2, 0.25) is 0 Å². The van der Waals surface area contributed by atoms with E-state index in [4.69, 9.17) is 4.74 Å². The van der Waals surface area contributed by atoms with Crippen LogP contribution >= 0.6 is 15.9 Å². The zero-order chi connectivity index (χ0) is 18.8. The first-order chi connectivity index (χ1) is 13.1. The number of hydrogen-bond acceptors (Lipinski definition) is 5. The van der Waals surface area contributed by atoms with E-state index in [1.807, 2.05) is 24.3 Å². The summed E-state index contributed by atoms with van der Waals surface area (Å²) in [6.07, 6.45) is 3.30. The molecule has 1 saturated heterocycles. The van der Waals surface area contributed by atoms with Gasteiger partial charge in [0.05, 0.1) is 13.1 Å². The summed E-state index contributed by atoms with van der Waals surface area (Å²) in [5.41, 5.74) is 4.20. The van der Waals surface area contributed by atoms with Gasteiger partial charge in [0.1, 0.15) is 12.1 Å². The van der Waals surface area contributed by atoms with Gasteiger partial charge < -0.3 is 15.0 Å². The smallest absolute Gasteiger partial charge is 0.410 e. The molecular formula is C20H19BrN4O2. The van der Waals surface area contributed by atoms with Gasteiger partial charge in [0.15, 0.2) is 5.82 Å². The summed E-state index contributed by atoms with van der Waals surface area (Å²) in [5.74, 6) is 0.749. The number of hydrogen-bond donors (Lipinski definition) is 1. The van der Waals surface area contributed by atoms with Crippen LogP contribution in [0.4, 0.5) is 10.6 Å². The lowest BCUT2D eigenvalue weighted by Crippen LogP contribution is -2.23. The highest BCUT2D eigenvalue weighted by atomic mass is 79.9. The highest BCUT2D eigenvalue weighted by Crippen LogP contribution is 2.23. The number of rotatable bonds is 5. The molecule has 3 heterocycles. The molecule has 0 radical (unpaired) electrons. The number of nitrogens with zero attached hydrogens (tertiary/aromatic N) is 3. The summed E-state index contributed by atoms with van der Waals surface area (Å²) in [6.45, 7) is 4.33. The number of aromatic nitrogens is 2. The van der Waals surface area contributed by atoms with Gasteiger partial charge in [0, 0.05) is 28.8 Å². The SMILES string of the molecule is Cc1c(Br)cccc1CNc1nccc2cc(CN3CCOC3=O)cnc12. The zero-order valence-corrected chi connectivity index (χ0v) is 16.5. The first-order valence-corrected chi connectivity index (χ1v) is 9.54. The molecule has 1 amide bonds. The van der Waals surface area contributed by atoms with Crippen LogP contribution in [-0.4, -0.2) is 34.1 Å². The number of nitrogens with one attached hydrogen (secondary N) is 1. The molecule has 2 aromatic heterocycles. The standard InChI is InChI=1S/C20H19BrN4O2/c1-13-16(3-2-4-17(13)21)11-24-19-18-15(5-6-22-19)9-14(10-23-18)12-25-7-8-27-20(25)26/h2-6,9-10H,7-8,11-12H2,1H3,(H,22,24). The molecule has 0 saturated carbocycles. The first-order valence-electron chi connectivity index (χ1n) is 8.75. The third kappa shape index (κ3) is 3.73. The molecule has 6 nitrogen and oxygen atoms in total. The van der Waals surface area contributed by atoms with Crippen molar-refractivity contribution in [2.24, 2.45) is 0 Å². The topological polar surface area (TPSA) is 67.3 Å². The van der Waals surface area contributed by atoms with E-state index in [0.717, 1.165) is 26.8 Å². The Morgan fingerprint density at radius 2 is 2.19 bits per heavy atom. The Bertz CT molecular complexity index is 1010. The molecule has 1 aliphatic heterocycles. The van der Waals surface area contributed by atoms with Crippen molar-refractivity contribution in [3.05, 3.63) is 63.9 Å². The fourth-order valence-corrected chi connectivity index (χ4v) is 3.54. The van der Waals surface area contributed by atoms with Gasteiger partial charge in [0.25, 0.3) is 0 Å². The maximum atomic E-state index is 11.6. The number of cyclic esters (lactones) is 1. The predicted molar refractivity (Wildman–Crippen MR) is 108 cm³/mol. The summed E-state index contributed by atoms with van der Waals surface area (Å²) in [5, 5.41) is 4.38. The van der Waals surface area contributed by atoms with E-state index in [9.17, 15) is 4.79 Å². The quantitative estimate of drug-likeness (QED) is 0.659. The van der Waals surface area contributed by atoms with Crippen molar-refractivity contribution in [1.82, 2.24) is 14.9 Å².